The number of hydrogen-bond donors (Lipinski definition) is 0. The summed E-state index contributed by atoms with van der Waals surface area (Å²) in [5.74, 6) is -0.229. The molecule has 0 spiro atoms. The van der Waals surface area contributed by atoms with Gasteiger partial charge >= 0.3 is 5.97 Å². The minimum absolute atomic E-state index is 0.00630. The first-order valence-electron chi connectivity index (χ1n) is 14.8. The predicted molar refractivity (Wildman–Crippen MR) is 167 cm³/mol. The molecular formula is C39H31FO4. The number of carbonyl (C=O) groups excluding carboxylic acids is 2. The van der Waals surface area contributed by atoms with Crippen molar-refractivity contribution in [3.63, 3.8) is 0 Å². The van der Waals surface area contributed by atoms with Gasteiger partial charge in [-0.25, -0.2) is 9.18 Å². The van der Waals surface area contributed by atoms with Gasteiger partial charge in [-0.1, -0.05) is 87.5 Å². The predicted octanol–water partition coefficient (Wildman–Crippen LogP) is 8.49. The standard InChI is InChI=1S/C39H31FO4/c1-38(2,3)36(41)29-21-22-32(44-37(42)24-17-19-25(40)20-18-24)35-34(29)33-27-13-7-9-15-30(27)39(35,31-16-10-8-14-28(31)33)23-43-26-11-5-4-6-12-26/h4-22,33H,23H2,1-3H3. The molecule has 8 rings (SSSR count). The first-order chi connectivity index (χ1) is 21.2. The van der Waals surface area contributed by atoms with Crippen LogP contribution in [0.3, 0.4) is 0 Å². The number of benzene rings is 5. The Kier molecular flexibility index (Phi) is 6.51. The molecule has 2 bridgehead atoms. The normalized spacial score (nSPS) is 17.7. The second-order valence-corrected chi connectivity index (χ2v) is 12.5. The monoisotopic (exact) mass is 582 g/mol. The van der Waals surface area contributed by atoms with Crippen molar-refractivity contribution < 1.29 is 23.5 Å². The van der Waals surface area contributed by atoms with E-state index in [1.807, 2.05) is 75.4 Å². The zero-order chi connectivity index (χ0) is 30.6. The number of esters is 1. The van der Waals surface area contributed by atoms with Crippen LogP contribution in [0.5, 0.6) is 11.5 Å². The number of carbonyl (C=O) groups is 2. The molecule has 0 N–H and O–H groups in total. The summed E-state index contributed by atoms with van der Waals surface area (Å²) < 4.78 is 26.5. The molecule has 0 heterocycles. The molecule has 0 atom stereocenters. The van der Waals surface area contributed by atoms with E-state index in [-0.39, 0.29) is 23.9 Å². The molecule has 44 heavy (non-hydrogen) atoms. The first kappa shape index (κ1) is 27.8. The third-order valence-electron chi connectivity index (χ3n) is 8.79. The molecule has 0 saturated carbocycles. The zero-order valence-corrected chi connectivity index (χ0v) is 24.8. The van der Waals surface area contributed by atoms with Crippen LogP contribution < -0.4 is 9.47 Å². The maximum Gasteiger partial charge on any atom is 0.343 e. The quantitative estimate of drug-likeness (QED) is 0.114. The van der Waals surface area contributed by atoms with Crippen molar-refractivity contribution in [3.05, 3.63) is 166 Å². The van der Waals surface area contributed by atoms with Crippen molar-refractivity contribution in [1.29, 1.82) is 0 Å². The molecule has 3 aliphatic carbocycles. The van der Waals surface area contributed by atoms with E-state index in [1.165, 1.54) is 24.3 Å². The fourth-order valence-electron chi connectivity index (χ4n) is 6.88. The molecule has 0 aromatic heterocycles. The number of rotatable bonds is 6. The van der Waals surface area contributed by atoms with Gasteiger partial charge in [0, 0.05) is 22.5 Å². The molecule has 4 nitrogen and oxygen atoms in total. The number of halogens is 1. The number of para-hydroxylation sites is 1. The van der Waals surface area contributed by atoms with Crippen molar-refractivity contribution in [2.45, 2.75) is 32.1 Å². The number of hydrogen-bond acceptors (Lipinski definition) is 4. The summed E-state index contributed by atoms with van der Waals surface area (Å²) in [5.41, 5.74) is 5.16. The molecule has 0 radical (unpaired) electrons. The fraction of sp³-hybridized carbons (Fsp3) is 0.179. The molecule has 0 unspecified atom stereocenters. The Balaban J connectivity index is 1.52. The van der Waals surface area contributed by atoms with E-state index in [1.54, 1.807) is 12.1 Å². The summed E-state index contributed by atoms with van der Waals surface area (Å²) in [4.78, 5) is 27.7. The van der Waals surface area contributed by atoms with E-state index in [9.17, 15) is 14.0 Å². The van der Waals surface area contributed by atoms with Crippen molar-refractivity contribution in [1.82, 2.24) is 0 Å². The van der Waals surface area contributed by atoms with Crippen LogP contribution >= 0.6 is 0 Å². The van der Waals surface area contributed by atoms with E-state index in [2.05, 4.69) is 24.3 Å². The van der Waals surface area contributed by atoms with E-state index in [4.69, 9.17) is 9.47 Å². The molecule has 3 aliphatic rings. The highest BCUT2D eigenvalue weighted by Crippen LogP contribution is 2.62. The number of ether oxygens (including phenoxy) is 2. The molecular weight excluding hydrogens is 551 g/mol. The van der Waals surface area contributed by atoms with Crippen LogP contribution in [0.4, 0.5) is 4.39 Å². The van der Waals surface area contributed by atoms with Crippen LogP contribution in [0.15, 0.2) is 115 Å². The fourth-order valence-corrected chi connectivity index (χ4v) is 6.88. The van der Waals surface area contributed by atoms with Gasteiger partial charge in [-0.05, 0) is 76.3 Å². The summed E-state index contributed by atoms with van der Waals surface area (Å²) in [7, 11) is 0. The van der Waals surface area contributed by atoms with Gasteiger partial charge in [-0.3, -0.25) is 4.79 Å². The first-order valence-corrected chi connectivity index (χ1v) is 14.8. The van der Waals surface area contributed by atoms with Gasteiger partial charge in [-0.15, -0.1) is 0 Å². The Bertz CT molecular complexity index is 1870. The average molecular weight is 583 g/mol. The molecule has 0 fully saturated rings. The summed E-state index contributed by atoms with van der Waals surface area (Å²) in [5, 5.41) is 0. The number of ketones is 1. The Morgan fingerprint density at radius 3 is 1.95 bits per heavy atom. The van der Waals surface area contributed by atoms with Gasteiger partial charge < -0.3 is 9.47 Å². The lowest BCUT2D eigenvalue weighted by atomic mass is 9.52. The third kappa shape index (κ3) is 4.26. The smallest absolute Gasteiger partial charge is 0.343 e. The maximum atomic E-state index is 14.1. The van der Waals surface area contributed by atoms with Gasteiger partial charge in [0.05, 0.1) is 11.0 Å². The van der Waals surface area contributed by atoms with Crippen LogP contribution in [-0.4, -0.2) is 18.4 Å². The Hall–Kier alpha value is -5.03. The molecule has 5 aromatic carbocycles. The van der Waals surface area contributed by atoms with Crippen LogP contribution in [0.2, 0.25) is 0 Å². The van der Waals surface area contributed by atoms with Gasteiger partial charge in [0.2, 0.25) is 0 Å². The highest BCUT2D eigenvalue weighted by molar-refractivity contribution is 6.03. The molecule has 0 saturated heterocycles. The topological polar surface area (TPSA) is 52.6 Å². The lowest BCUT2D eigenvalue weighted by Gasteiger charge is -2.51. The van der Waals surface area contributed by atoms with E-state index >= 15 is 0 Å². The third-order valence-corrected chi connectivity index (χ3v) is 8.79. The molecule has 0 amide bonds. The van der Waals surface area contributed by atoms with Crippen LogP contribution in [0, 0.1) is 11.2 Å². The van der Waals surface area contributed by atoms with E-state index < -0.39 is 22.6 Å². The Morgan fingerprint density at radius 2 is 1.34 bits per heavy atom. The van der Waals surface area contributed by atoms with Crippen LogP contribution in [0.1, 0.15) is 80.8 Å². The SMILES string of the molecule is CC(C)(C)C(=O)c1ccc(OC(=O)c2ccc(F)cc2)c2c1C1c3ccccc3C2(COc2ccccc2)c2ccccc21. The van der Waals surface area contributed by atoms with Crippen LogP contribution in [-0.2, 0) is 5.41 Å². The lowest BCUT2D eigenvalue weighted by Crippen LogP contribution is -2.47. The summed E-state index contributed by atoms with van der Waals surface area (Å²) in [6.07, 6.45) is 0. The van der Waals surface area contributed by atoms with Crippen molar-refractivity contribution >= 4 is 11.8 Å². The molecule has 218 valence electrons. The van der Waals surface area contributed by atoms with Gasteiger partial charge in [0.1, 0.15) is 23.9 Å². The lowest BCUT2D eigenvalue weighted by molar-refractivity contribution is 0.0730. The molecule has 5 heteroatoms. The van der Waals surface area contributed by atoms with Gasteiger partial charge in [0.25, 0.3) is 0 Å². The molecule has 0 aliphatic heterocycles. The van der Waals surface area contributed by atoms with E-state index in [0.29, 0.717) is 17.1 Å². The number of Topliss-reactive ketones (excluding diaryl/α,β-unsaturated/α-hetero) is 1. The second-order valence-electron chi connectivity index (χ2n) is 12.5. The Morgan fingerprint density at radius 1 is 0.750 bits per heavy atom. The van der Waals surface area contributed by atoms with Gasteiger partial charge in [-0.2, -0.15) is 0 Å². The highest BCUT2D eigenvalue weighted by atomic mass is 19.1. The minimum atomic E-state index is -0.903. The van der Waals surface area contributed by atoms with Crippen molar-refractivity contribution in [2.75, 3.05) is 6.61 Å². The summed E-state index contributed by atoms with van der Waals surface area (Å²) >= 11 is 0. The van der Waals surface area contributed by atoms with Crippen LogP contribution in [0.25, 0.3) is 0 Å². The maximum absolute atomic E-state index is 14.1. The summed E-state index contributed by atoms with van der Waals surface area (Å²) in [6.45, 7) is 5.96. The highest BCUT2D eigenvalue weighted by Gasteiger charge is 2.55. The second kappa shape index (κ2) is 10.3. The Labute approximate surface area is 256 Å². The summed E-state index contributed by atoms with van der Waals surface area (Å²) in [6, 6.07) is 35.0. The van der Waals surface area contributed by atoms with Crippen molar-refractivity contribution in [2.24, 2.45) is 5.41 Å². The molecule has 5 aromatic rings. The van der Waals surface area contributed by atoms with Gasteiger partial charge in [0.15, 0.2) is 5.78 Å². The largest absolute Gasteiger partial charge is 0.492 e. The van der Waals surface area contributed by atoms with E-state index in [0.717, 1.165) is 33.4 Å². The van der Waals surface area contributed by atoms with Crippen molar-refractivity contribution in [3.8, 4) is 11.5 Å². The minimum Gasteiger partial charge on any atom is -0.492 e. The average Bonchev–Trinajstić information content (AvgIpc) is 3.04. The zero-order valence-electron chi connectivity index (χ0n) is 24.8.